The molecule has 17 heavy (non-hydrogen) atoms. The first-order valence-electron chi connectivity index (χ1n) is 5.60. The molecule has 1 heterocycles. The maximum Gasteiger partial charge on any atom is 0.269 e. The highest BCUT2D eigenvalue weighted by Crippen LogP contribution is 2.18. The van der Waals surface area contributed by atoms with Gasteiger partial charge in [0.05, 0.1) is 4.92 Å². The molecule has 5 nitrogen and oxygen atoms in total. The normalized spacial score (nSPS) is 20.4. The highest BCUT2D eigenvalue weighted by molar-refractivity contribution is 5.54. The zero-order chi connectivity index (χ0) is 12.3. The van der Waals surface area contributed by atoms with Crippen molar-refractivity contribution in [2.45, 2.75) is 13.0 Å². The van der Waals surface area contributed by atoms with Crippen LogP contribution in [0.3, 0.4) is 0 Å². The number of benzene rings is 1. The highest BCUT2D eigenvalue weighted by atomic mass is 16.6. The average molecular weight is 234 g/mol. The third-order valence-electron chi connectivity index (χ3n) is 3.05. The number of nitrogens with zero attached hydrogens (tertiary/aromatic N) is 2. The maximum absolute atomic E-state index is 10.6. The van der Waals surface area contributed by atoms with Crippen molar-refractivity contribution in [3.63, 3.8) is 0 Å². The van der Waals surface area contributed by atoms with Gasteiger partial charge in [-0.15, -0.1) is 0 Å². The zero-order valence-electron chi connectivity index (χ0n) is 9.41. The van der Waals surface area contributed by atoms with E-state index in [9.17, 15) is 14.9 Å². The Morgan fingerprint density at radius 3 is 2.65 bits per heavy atom. The lowest BCUT2D eigenvalue weighted by atomic mass is 10.1. The summed E-state index contributed by atoms with van der Waals surface area (Å²) >= 11 is 0. The summed E-state index contributed by atoms with van der Waals surface area (Å²) in [6.07, 6.45) is 1.92. The van der Waals surface area contributed by atoms with Crippen LogP contribution in [0.2, 0.25) is 0 Å². The van der Waals surface area contributed by atoms with Gasteiger partial charge in [0.15, 0.2) is 0 Å². The summed E-state index contributed by atoms with van der Waals surface area (Å²) in [5.41, 5.74) is 1.16. The van der Waals surface area contributed by atoms with Gasteiger partial charge in [0.1, 0.15) is 6.29 Å². The van der Waals surface area contributed by atoms with E-state index in [4.69, 9.17) is 0 Å². The number of non-ortho nitro benzene ring substituents is 1. The van der Waals surface area contributed by atoms with Crippen LogP contribution >= 0.6 is 0 Å². The second kappa shape index (κ2) is 5.05. The molecule has 1 aromatic rings. The average Bonchev–Trinajstić information content (AvgIpc) is 2.77. The van der Waals surface area contributed by atoms with E-state index >= 15 is 0 Å². The highest BCUT2D eigenvalue weighted by Gasteiger charge is 2.21. The molecule has 0 bridgehead atoms. The van der Waals surface area contributed by atoms with Crippen LogP contribution in [0.25, 0.3) is 0 Å². The summed E-state index contributed by atoms with van der Waals surface area (Å²) in [4.78, 5) is 22.9. The first-order chi connectivity index (χ1) is 8.19. The number of carbonyl (C=O) groups is 1. The fraction of sp³-hybridized carbons (Fsp3) is 0.417. The van der Waals surface area contributed by atoms with Crippen molar-refractivity contribution < 1.29 is 9.72 Å². The Balaban J connectivity index is 1.95. The van der Waals surface area contributed by atoms with Crippen LogP contribution in [0.5, 0.6) is 0 Å². The third-order valence-corrected chi connectivity index (χ3v) is 3.05. The van der Waals surface area contributed by atoms with Gasteiger partial charge in [-0.05, 0) is 18.5 Å². The molecule has 0 aromatic heterocycles. The van der Waals surface area contributed by atoms with Crippen molar-refractivity contribution in [2.24, 2.45) is 5.92 Å². The number of nitro groups is 1. The van der Waals surface area contributed by atoms with Crippen LogP contribution in [0.15, 0.2) is 24.3 Å². The lowest BCUT2D eigenvalue weighted by Crippen LogP contribution is -2.20. The zero-order valence-corrected chi connectivity index (χ0v) is 9.41. The Morgan fingerprint density at radius 1 is 1.41 bits per heavy atom. The van der Waals surface area contributed by atoms with Crippen LogP contribution in [-0.4, -0.2) is 29.2 Å². The number of likely N-dealkylation sites (tertiary alicyclic amines) is 1. The molecule has 1 atom stereocenters. The van der Waals surface area contributed by atoms with E-state index < -0.39 is 4.92 Å². The van der Waals surface area contributed by atoms with Gasteiger partial charge < -0.3 is 4.79 Å². The Hall–Kier alpha value is -1.75. The van der Waals surface area contributed by atoms with Crippen LogP contribution in [0.4, 0.5) is 5.69 Å². The summed E-state index contributed by atoms with van der Waals surface area (Å²) in [6.45, 7) is 2.46. The van der Waals surface area contributed by atoms with E-state index in [1.54, 1.807) is 12.1 Å². The van der Waals surface area contributed by atoms with Crippen LogP contribution in [0, 0.1) is 16.0 Å². The lowest BCUT2D eigenvalue weighted by molar-refractivity contribution is -0.384. The Kier molecular flexibility index (Phi) is 3.49. The van der Waals surface area contributed by atoms with E-state index in [2.05, 4.69) is 4.90 Å². The minimum absolute atomic E-state index is 0.112. The lowest BCUT2D eigenvalue weighted by Gasteiger charge is -2.14. The quantitative estimate of drug-likeness (QED) is 0.451. The van der Waals surface area contributed by atoms with Gasteiger partial charge in [0, 0.05) is 31.1 Å². The molecule has 5 heteroatoms. The topological polar surface area (TPSA) is 63.5 Å². The molecule has 0 amide bonds. The SMILES string of the molecule is O=CC1CCN(Cc2ccc([N+](=O)[O-])cc2)C1. The molecule has 1 aliphatic rings. The predicted octanol–water partition coefficient (Wildman–Crippen LogP) is 1.62. The van der Waals surface area contributed by atoms with Crippen molar-refractivity contribution in [2.75, 3.05) is 13.1 Å². The summed E-state index contributed by atoms with van der Waals surface area (Å²) in [5, 5.41) is 10.5. The minimum atomic E-state index is -0.401. The number of hydrogen-bond acceptors (Lipinski definition) is 4. The van der Waals surface area contributed by atoms with Gasteiger partial charge in [-0.1, -0.05) is 12.1 Å². The van der Waals surface area contributed by atoms with Crippen molar-refractivity contribution >= 4 is 12.0 Å². The third kappa shape index (κ3) is 2.88. The molecule has 0 aliphatic carbocycles. The van der Waals surface area contributed by atoms with Gasteiger partial charge >= 0.3 is 0 Å². The molecule has 1 saturated heterocycles. The van der Waals surface area contributed by atoms with Crippen LogP contribution in [0.1, 0.15) is 12.0 Å². The van der Waals surface area contributed by atoms with Gasteiger partial charge in [0.25, 0.3) is 5.69 Å². The number of carbonyl (C=O) groups excluding carboxylic acids is 1. The van der Waals surface area contributed by atoms with Gasteiger partial charge in [-0.3, -0.25) is 15.0 Å². The smallest absolute Gasteiger partial charge is 0.269 e. The molecule has 2 rings (SSSR count). The standard InChI is InChI=1S/C12H14N2O3/c15-9-11-5-6-13(8-11)7-10-1-3-12(4-2-10)14(16)17/h1-4,9,11H,5-8H2. The van der Waals surface area contributed by atoms with Gasteiger partial charge in [0.2, 0.25) is 0 Å². The molecule has 0 spiro atoms. The first-order valence-corrected chi connectivity index (χ1v) is 5.60. The maximum atomic E-state index is 10.6. The largest absolute Gasteiger partial charge is 0.303 e. The molecule has 1 aliphatic heterocycles. The van der Waals surface area contributed by atoms with Gasteiger partial charge in [-0.25, -0.2) is 0 Å². The Morgan fingerprint density at radius 2 is 2.12 bits per heavy atom. The molecule has 1 fully saturated rings. The fourth-order valence-corrected chi connectivity index (χ4v) is 2.10. The second-order valence-corrected chi connectivity index (χ2v) is 4.34. The molecule has 0 radical (unpaired) electrons. The molecule has 0 saturated carbocycles. The second-order valence-electron chi connectivity index (χ2n) is 4.34. The minimum Gasteiger partial charge on any atom is -0.303 e. The summed E-state index contributed by atoms with van der Waals surface area (Å²) in [6, 6.07) is 6.57. The molecular formula is C12H14N2O3. The summed E-state index contributed by atoms with van der Waals surface area (Å²) < 4.78 is 0. The van der Waals surface area contributed by atoms with E-state index in [-0.39, 0.29) is 11.6 Å². The van der Waals surface area contributed by atoms with Crippen LogP contribution < -0.4 is 0 Å². The van der Waals surface area contributed by atoms with Crippen molar-refractivity contribution in [1.29, 1.82) is 0 Å². The Labute approximate surface area is 99.2 Å². The first kappa shape index (κ1) is 11.7. The number of aldehydes is 1. The summed E-state index contributed by atoms with van der Waals surface area (Å²) in [7, 11) is 0. The Bertz CT molecular complexity index is 416. The van der Waals surface area contributed by atoms with Crippen molar-refractivity contribution in [3.05, 3.63) is 39.9 Å². The number of rotatable bonds is 4. The van der Waals surface area contributed by atoms with E-state index in [1.807, 2.05) is 0 Å². The number of nitro benzene ring substituents is 1. The molecule has 0 N–H and O–H groups in total. The van der Waals surface area contributed by atoms with E-state index in [0.717, 1.165) is 37.9 Å². The predicted molar refractivity (Wildman–Crippen MR) is 62.5 cm³/mol. The van der Waals surface area contributed by atoms with Crippen LogP contribution in [-0.2, 0) is 11.3 Å². The molecule has 1 aromatic carbocycles. The van der Waals surface area contributed by atoms with Gasteiger partial charge in [-0.2, -0.15) is 0 Å². The molecule has 90 valence electrons. The van der Waals surface area contributed by atoms with Crippen molar-refractivity contribution in [1.82, 2.24) is 4.90 Å². The monoisotopic (exact) mass is 234 g/mol. The number of hydrogen-bond donors (Lipinski definition) is 0. The molecular weight excluding hydrogens is 220 g/mol. The fourth-order valence-electron chi connectivity index (χ4n) is 2.10. The summed E-state index contributed by atoms with van der Waals surface area (Å²) in [5.74, 6) is 0.146. The van der Waals surface area contributed by atoms with E-state index in [0.29, 0.717) is 0 Å². The van der Waals surface area contributed by atoms with Crippen molar-refractivity contribution in [3.8, 4) is 0 Å². The molecule has 1 unspecified atom stereocenters. The van der Waals surface area contributed by atoms with E-state index in [1.165, 1.54) is 12.1 Å².